The van der Waals surface area contributed by atoms with Gasteiger partial charge in [-0.1, -0.05) is 54.1 Å². The highest BCUT2D eigenvalue weighted by molar-refractivity contribution is 6.34. The first-order chi connectivity index (χ1) is 10.3. The molecule has 0 N–H and O–H groups in total. The normalized spacial score (nSPS) is 11.1. The standard InChI is InChI=1S/C17H10ClN3/c18-17-14-6-2-1-5-13(14)16(20-21-17)12-8-7-11-4-3-9-19-15(11)10-12/h1-10H. The van der Waals surface area contributed by atoms with Crippen molar-refractivity contribution >= 4 is 33.3 Å². The fourth-order valence-electron chi connectivity index (χ4n) is 2.50. The molecule has 2 heterocycles. The van der Waals surface area contributed by atoms with E-state index < -0.39 is 0 Å². The minimum Gasteiger partial charge on any atom is -0.256 e. The number of pyridine rings is 1. The summed E-state index contributed by atoms with van der Waals surface area (Å²) in [6.07, 6.45) is 1.79. The maximum absolute atomic E-state index is 6.13. The monoisotopic (exact) mass is 291 g/mol. The molecule has 0 bridgehead atoms. The maximum Gasteiger partial charge on any atom is 0.159 e. The van der Waals surface area contributed by atoms with Crippen molar-refractivity contribution < 1.29 is 0 Å². The van der Waals surface area contributed by atoms with Gasteiger partial charge in [0.15, 0.2) is 5.15 Å². The Bertz CT molecular complexity index is 966. The SMILES string of the molecule is Clc1nnc(-c2ccc3cccnc3c2)c2ccccc12. The summed E-state index contributed by atoms with van der Waals surface area (Å²) in [5.74, 6) is 0. The molecule has 2 aromatic carbocycles. The van der Waals surface area contributed by atoms with Crippen molar-refractivity contribution in [2.45, 2.75) is 0 Å². The molecule has 3 nitrogen and oxygen atoms in total. The molecular formula is C17H10ClN3. The van der Waals surface area contributed by atoms with Gasteiger partial charge < -0.3 is 0 Å². The maximum atomic E-state index is 6.13. The molecule has 0 atom stereocenters. The molecule has 0 spiro atoms. The number of rotatable bonds is 1. The first kappa shape index (κ1) is 12.2. The van der Waals surface area contributed by atoms with Crippen LogP contribution in [0.5, 0.6) is 0 Å². The third-order valence-electron chi connectivity index (χ3n) is 3.52. The van der Waals surface area contributed by atoms with Gasteiger partial charge in [-0.15, -0.1) is 10.2 Å². The van der Waals surface area contributed by atoms with Gasteiger partial charge in [0.2, 0.25) is 0 Å². The van der Waals surface area contributed by atoms with E-state index in [2.05, 4.69) is 15.2 Å². The van der Waals surface area contributed by atoms with Crippen LogP contribution in [0, 0.1) is 0 Å². The van der Waals surface area contributed by atoms with E-state index in [1.54, 1.807) is 6.20 Å². The van der Waals surface area contributed by atoms with E-state index in [1.807, 2.05) is 54.6 Å². The van der Waals surface area contributed by atoms with Crippen LogP contribution in [0.3, 0.4) is 0 Å². The molecule has 0 unspecified atom stereocenters. The third-order valence-corrected chi connectivity index (χ3v) is 3.80. The van der Waals surface area contributed by atoms with E-state index in [1.165, 1.54) is 0 Å². The molecule has 0 aliphatic heterocycles. The fourth-order valence-corrected chi connectivity index (χ4v) is 2.70. The number of halogens is 1. The van der Waals surface area contributed by atoms with E-state index in [0.717, 1.165) is 32.9 Å². The fraction of sp³-hybridized carbons (Fsp3) is 0. The second kappa shape index (κ2) is 4.79. The summed E-state index contributed by atoms with van der Waals surface area (Å²) in [5, 5.41) is 11.8. The largest absolute Gasteiger partial charge is 0.256 e. The highest BCUT2D eigenvalue weighted by atomic mass is 35.5. The minimum absolute atomic E-state index is 0.424. The van der Waals surface area contributed by atoms with E-state index in [0.29, 0.717) is 5.15 Å². The molecule has 4 heteroatoms. The molecule has 4 rings (SSSR count). The molecule has 2 aromatic heterocycles. The van der Waals surface area contributed by atoms with Gasteiger partial charge in [0, 0.05) is 27.9 Å². The minimum atomic E-state index is 0.424. The summed E-state index contributed by atoms with van der Waals surface area (Å²) in [5.41, 5.74) is 2.75. The Morgan fingerprint density at radius 3 is 2.57 bits per heavy atom. The predicted molar refractivity (Wildman–Crippen MR) is 85.3 cm³/mol. The molecule has 0 saturated heterocycles. The van der Waals surface area contributed by atoms with Gasteiger partial charge in [-0.3, -0.25) is 4.98 Å². The molecule has 100 valence electrons. The lowest BCUT2D eigenvalue weighted by Gasteiger charge is -2.07. The van der Waals surface area contributed by atoms with Gasteiger partial charge in [-0.05, 0) is 12.1 Å². The second-order valence-electron chi connectivity index (χ2n) is 4.80. The lowest BCUT2D eigenvalue weighted by Crippen LogP contribution is -1.91. The van der Waals surface area contributed by atoms with E-state index in [9.17, 15) is 0 Å². The number of benzene rings is 2. The van der Waals surface area contributed by atoms with Crippen molar-refractivity contribution in [3.8, 4) is 11.3 Å². The highest BCUT2D eigenvalue weighted by Gasteiger charge is 2.10. The number of aromatic nitrogens is 3. The third kappa shape index (κ3) is 2.03. The molecule has 0 aliphatic carbocycles. The Hall–Kier alpha value is -2.52. The van der Waals surface area contributed by atoms with Crippen LogP contribution >= 0.6 is 11.6 Å². The van der Waals surface area contributed by atoms with Crippen molar-refractivity contribution in [3.63, 3.8) is 0 Å². The summed E-state index contributed by atoms with van der Waals surface area (Å²) in [4.78, 5) is 4.39. The molecular weight excluding hydrogens is 282 g/mol. The summed E-state index contributed by atoms with van der Waals surface area (Å²) in [6.45, 7) is 0. The summed E-state index contributed by atoms with van der Waals surface area (Å²) in [6, 6.07) is 18.0. The quantitative estimate of drug-likeness (QED) is 0.518. The first-order valence-electron chi connectivity index (χ1n) is 6.59. The molecule has 4 aromatic rings. The van der Waals surface area contributed by atoms with E-state index in [4.69, 9.17) is 11.6 Å². The molecule has 0 saturated carbocycles. The molecule has 0 amide bonds. The summed E-state index contributed by atoms with van der Waals surface area (Å²) >= 11 is 6.13. The van der Waals surface area contributed by atoms with E-state index >= 15 is 0 Å². The topological polar surface area (TPSA) is 38.7 Å². The van der Waals surface area contributed by atoms with Gasteiger partial charge in [-0.25, -0.2) is 0 Å². The highest BCUT2D eigenvalue weighted by Crippen LogP contribution is 2.30. The zero-order chi connectivity index (χ0) is 14.2. The van der Waals surface area contributed by atoms with Crippen molar-refractivity contribution in [2.24, 2.45) is 0 Å². The lowest BCUT2D eigenvalue weighted by molar-refractivity contribution is 1.06. The van der Waals surface area contributed by atoms with Gasteiger partial charge in [0.1, 0.15) is 5.69 Å². The van der Waals surface area contributed by atoms with Gasteiger partial charge >= 0.3 is 0 Å². The van der Waals surface area contributed by atoms with Crippen LogP contribution in [-0.4, -0.2) is 15.2 Å². The molecule has 21 heavy (non-hydrogen) atoms. The van der Waals surface area contributed by atoms with Crippen LogP contribution in [0.25, 0.3) is 32.9 Å². The predicted octanol–water partition coefficient (Wildman–Crippen LogP) is 4.50. The molecule has 0 aliphatic rings. The Morgan fingerprint density at radius 2 is 1.67 bits per heavy atom. The average Bonchev–Trinajstić information content (AvgIpc) is 2.55. The summed E-state index contributed by atoms with van der Waals surface area (Å²) < 4.78 is 0. The lowest BCUT2D eigenvalue weighted by atomic mass is 10.0. The van der Waals surface area contributed by atoms with Crippen molar-refractivity contribution in [1.29, 1.82) is 0 Å². The van der Waals surface area contributed by atoms with Crippen LogP contribution in [-0.2, 0) is 0 Å². The summed E-state index contributed by atoms with van der Waals surface area (Å²) in [7, 11) is 0. The number of nitrogens with zero attached hydrogens (tertiary/aromatic N) is 3. The Kier molecular flexibility index (Phi) is 2.79. The zero-order valence-electron chi connectivity index (χ0n) is 11.0. The van der Waals surface area contributed by atoms with Gasteiger partial charge in [0.25, 0.3) is 0 Å². The van der Waals surface area contributed by atoms with Crippen molar-refractivity contribution in [1.82, 2.24) is 15.2 Å². The van der Waals surface area contributed by atoms with Crippen LogP contribution < -0.4 is 0 Å². The Morgan fingerprint density at radius 1 is 0.810 bits per heavy atom. The van der Waals surface area contributed by atoms with Crippen LogP contribution in [0.4, 0.5) is 0 Å². The van der Waals surface area contributed by atoms with Gasteiger partial charge in [-0.2, -0.15) is 0 Å². The van der Waals surface area contributed by atoms with Crippen LogP contribution in [0.1, 0.15) is 0 Å². The number of hydrogen-bond acceptors (Lipinski definition) is 3. The average molecular weight is 292 g/mol. The Balaban J connectivity index is 2.02. The van der Waals surface area contributed by atoms with E-state index in [-0.39, 0.29) is 0 Å². The van der Waals surface area contributed by atoms with Crippen LogP contribution in [0.2, 0.25) is 5.15 Å². The Labute approximate surface area is 126 Å². The van der Waals surface area contributed by atoms with Crippen LogP contribution in [0.15, 0.2) is 60.8 Å². The van der Waals surface area contributed by atoms with Gasteiger partial charge in [0.05, 0.1) is 5.52 Å². The number of hydrogen-bond donors (Lipinski definition) is 0. The molecule has 0 radical (unpaired) electrons. The number of fused-ring (bicyclic) bond motifs is 2. The van der Waals surface area contributed by atoms with Crippen molar-refractivity contribution in [3.05, 3.63) is 65.9 Å². The first-order valence-corrected chi connectivity index (χ1v) is 6.97. The van der Waals surface area contributed by atoms with Crippen molar-refractivity contribution in [2.75, 3.05) is 0 Å². The second-order valence-corrected chi connectivity index (χ2v) is 5.15. The smallest absolute Gasteiger partial charge is 0.159 e. The zero-order valence-corrected chi connectivity index (χ0v) is 11.7. The molecule has 0 fully saturated rings.